The van der Waals surface area contributed by atoms with E-state index in [1.54, 1.807) is 0 Å². The molecule has 0 bridgehead atoms. The van der Waals surface area contributed by atoms with E-state index in [1.165, 1.54) is 11.1 Å². The summed E-state index contributed by atoms with van der Waals surface area (Å²) in [6, 6.07) is 29.2. The molecule has 0 aliphatic carbocycles. The fourth-order valence-electron chi connectivity index (χ4n) is 2.91. The number of nitrogens with zero attached hydrogens (tertiary/aromatic N) is 1. The molecule has 0 saturated carbocycles. The zero-order chi connectivity index (χ0) is 14.8. The minimum Gasteiger partial charge on any atom is -0.341 e. The van der Waals surface area contributed by atoms with Gasteiger partial charge < -0.3 is 4.98 Å². The summed E-state index contributed by atoms with van der Waals surface area (Å²) in [6.45, 7) is 0. The Morgan fingerprint density at radius 2 is 1.18 bits per heavy atom. The molecule has 0 spiro atoms. The van der Waals surface area contributed by atoms with Gasteiger partial charge in [-0.1, -0.05) is 72.8 Å². The van der Waals surface area contributed by atoms with Crippen LogP contribution < -0.4 is 0 Å². The largest absolute Gasteiger partial charge is 0.341 e. The van der Waals surface area contributed by atoms with E-state index in [-0.39, 0.29) is 5.92 Å². The molecule has 0 atom stereocenters. The number of imidazole rings is 1. The van der Waals surface area contributed by atoms with Gasteiger partial charge in [0.1, 0.15) is 5.82 Å². The molecule has 0 unspecified atom stereocenters. The molecule has 0 fully saturated rings. The third kappa shape index (κ3) is 2.29. The molecule has 0 radical (unpaired) electrons. The van der Waals surface area contributed by atoms with Gasteiger partial charge in [0.2, 0.25) is 0 Å². The average molecular weight is 284 g/mol. The molecule has 1 aromatic heterocycles. The van der Waals surface area contributed by atoms with Crippen molar-refractivity contribution in [1.29, 1.82) is 0 Å². The monoisotopic (exact) mass is 284 g/mol. The van der Waals surface area contributed by atoms with Crippen LogP contribution in [-0.4, -0.2) is 9.97 Å². The van der Waals surface area contributed by atoms with E-state index in [2.05, 4.69) is 59.6 Å². The third-order valence-corrected chi connectivity index (χ3v) is 3.95. The number of hydrogen-bond acceptors (Lipinski definition) is 1. The van der Waals surface area contributed by atoms with E-state index in [0.29, 0.717) is 0 Å². The summed E-state index contributed by atoms with van der Waals surface area (Å²) in [5.74, 6) is 1.10. The highest BCUT2D eigenvalue weighted by atomic mass is 14.9. The first kappa shape index (κ1) is 12.8. The molecule has 4 aromatic rings. The number of para-hydroxylation sites is 2. The highest BCUT2D eigenvalue weighted by Crippen LogP contribution is 2.31. The molecule has 0 saturated heterocycles. The summed E-state index contributed by atoms with van der Waals surface area (Å²) in [5, 5.41) is 0. The Balaban J connectivity index is 1.90. The number of H-pyrrole nitrogens is 1. The van der Waals surface area contributed by atoms with Gasteiger partial charge in [-0.05, 0) is 23.3 Å². The Kier molecular flexibility index (Phi) is 3.20. The van der Waals surface area contributed by atoms with E-state index >= 15 is 0 Å². The number of benzene rings is 3. The van der Waals surface area contributed by atoms with Crippen LogP contribution in [0, 0.1) is 0 Å². The standard InChI is InChI=1S/C20H16N2/c1-3-9-15(10-4-1)19(16-11-5-2-6-12-16)20-21-17-13-7-8-14-18(17)22-20/h1-14,19H,(H,21,22). The van der Waals surface area contributed by atoms with E-state index < -0.39 is 0 Å². The lowest BCUT2D eigenvalue weighted by atomic mass is 9.91. The van der Waals surface area contributed by atoms with Gasteiger partial charge in [-0.15, -0.1) is 0 Å². The first-order valence-electron chi connectivity index (χ1n) is 7.46. The first-order chi connectivity index (χ1) is 10.9. The van der Waals surface area contributed by atoms with E-state index in [9.17, 15) is 0 Å². The number of hydrogen-bond donors (Lipinski definition) is 1. The lowest BCUT2D eigenvalue weighted by Gasteiger charge is -2.15. The van der Waals surface area contributed by atoms with Crippen LogP contribution >= 0.6 is 0 Å². The summed E-state index contributed by atoms with van der Waals surface area (Å²) in [7, 11) is 0. The van der Waals surface area contributed by atoms with Gasteiger partial charge in [-0.2, -0.15) is 0 Å². The molecule has 2 heteroatoms. The Labute approximate surface area is 129 Å². The van der Waals surface area contributed by atoms with E-state index in [4.69, 9.17) is 4.98 Å². The van der Waals surface area contributed by atoms with Crippen LogP contribution in [-0.2, 0) is 0 Å². The molecular formula is C20H16N2. The van der Waals surface area contributed by atoms with Gasteiger partial charge >= 0.3 is 0 Å². The fraction of sp³-hybridized carbons (Fsp3) is 0.0500. The summed E-state index contributed by atoms with van der Waals surface area (Å²) in [4.78, 5) is 8.29. The Bertz CT molecular complexity index is 807. The quantitative estimate of drug-likeness (QED) is 0.578. The van der Waals surface area contributed by atoms with Gasteiger partial charge in [0.25, 0.3) is 0 Å². The SMILES string of the molecule is c1ccc(C(c2ccccc2)c2nc3ccccc3[nH]2)cc1. The summed E-state index contributed by atoms with van der Waals surface area (Å²) in [6.07, 6.45) is 0. The Morgan fingerprint density at radius 3 is 1.77 bits per heavy atom. The molecular weight excluding hydrogens is 268 g/mol. The minimum atomic E-state index is 0.120. The lowest BCUT2D eigenvalue weighted by molar-refractivity contribution is 0.891. The second-order valence-corrected chi connectivity index (χ2v) is 5.39. The number of nitrogens with one attached hydrogen (secondary N) is 1. The van der Waals surface area contributed by atoms with Crippen LogP contribution in [0.15, 0.2) is 84.9 Å². The topological polar surface area (TPSA) is 28.7 Å². The zero-order valence-corrected chi connectivity index (χ0v) is 12.1. The van der Waals surface area contributed by atoms with Crippen molar-refractivity contribution in [3.63, 3.8) is 0 Å². The minimum absolute atomic E-state index is 0.120. The molecule has 0 aliphatic rings. The van der Waals surface area contributed by atoms with Gasteiger partial charge in [-0.3, -0.25) is 0 Å². The lowest BCUT2D eigenvalue weighted by Crippen LogP contribution is -2.05. The Hall–Kier alpha value is -2.87. The normalized spacial score (nSPS) is 11.1. The smallest absolute Gasteiger partial charge is 0.119 e. The second kappa shape index (κ2) is 5.49. The molecule has 106 valence electrons. The predicted molar refractivity (Wildman–Crippen MR) is 89.9 cm³/mol. The predicted octanol–water partition coefficient (Wildman–Crippen LogP) is 4.74. The number of rotatable bonds is 3. The molecule has 0 aliphatic heterocycles. The fourth-order valence-corrected chi connectivity index (χ4v) is 2.91. The molecule has 3 aromatic carbocycles. The maximum atomic E-state index is 4.81. The molecule has 22 heavy (non-hydrogen) atoms. The number of fused-ring (bicyclic) bond motifs is 1. The van der Waals surface area contributed by atoms with Crippen molar-refractivity contribution in [2.75, 3.05) is 0 Å². The molecule has 1 heterocycles. The third-order valence-electron chi connectivity index (χ3n) is 3.95. The van der Waals surface area contributed by atoms with Crippen molar-refractivity contribution in [3.8, 4) is 0 Å². The van der Waals surface area contributed by atoms with Crippen molar-refractivity contribution in [2.45, 2.75) is 5.92 Å². The van der Waals surface area contributed by atoms with Gasteiger partial charge in [0, 0.05) is 0 Å². The maximum Gasteiger partial charge on any atom is 0.119 e. The van der Waals surface area contributed by atoms with Crippen molar-refractivity contribution in [1.82, 2.24) is 9.97 Å². The van der Waals surface area contributed by atoms with Crippen LogP contribution in [0.4, 0.5) is 0 Å². The molecule has 4 rings (SSSR count). The van der Waals surface area contributed by atoms with Crippen molar-refractivity contribution >= 4 is 11.0 Å². The van der Waals surface area contributed by atoms with Crippen molar-refractivity contribution in [2.24, 2.45) is 0 Å². The average Bonchev–Trinajstić information content (AvgIpc) is 3.00. The highest BCUT2D eigenvalue weighted by Gasteiger charge is 2.19. The van der Waals surface area contributed by atoms with E-state index in [1.807, 2.05) is 30.3 Å². The van der Waals surface area contributed by atoms with Crippen LogP contribution in [0.2, 0.25) is 0 Å². The van der Waals surface area contributed by atoms with Crippen LogP contribution in [0.3, 0.4) is 0 Å². The van der Waals surface area contributed by atoms with Gasteiger partial charge in [-0.25, -0.2) is 4.98 Å². The van der Waals surface area contributed by atoms with Crippen molar-refractivity contribution in [3.05, 3.63) is 102 Å². The Morgan fingerprint density at radius 1 is 0.636 bits per heavy atom. The summed E-state index contributed by atoms with van der Waals surface area (Å²) < 4.78 is 0. The van der Waals surface area contributed by atoms with Crippen LogP contribution in [0.25, 0.3) is 11.0 Å². The summed E-state index contributed by atoms with van der Waals surface area (Å²) in [5.41, 5.74) is 4.57. The number of aromatic nitrogens is 2. The van der Waals surface area contributed by atoms with Crippen LogP contribution in [0.5, 0.6) is 0 Å². The first-order valence-corrected chi connectivity index (χ1v) is 7.46. The zero-order valence-electron chi connectivity index (χ0n) is 12.1. The van der Waals surface area contributed by atoms with Crippen LogP contribution in [0.1, 0.15) is 22.9 Å². The van der Waals surface area contributed by atoms with Gasteiger partial charge in [0.05, 0.1) is 17.0 Å². The number of aromatic amines is 1. The second-order valence-electron chi connectivity index (χ2n) is 5.39. The molecule has 1 N–H and O–H groups in total. The van der Waals surface area contributed by atoms with E-state index in [0.717, 1.165) is 16.9 Å². The maximum absolute atomic E-state index is 4.81. The molecule has 2 nitrogen and oxygen atoms in total. The molecule has 0 amide bonds. The van der Waals surface area contributed by atoms with Gasteiger partial charge in [0.15, 0.2) is 0 Å². The summed E-state index contributed by atoms with van der Waals surface area (Å²) >= 11 is 0. The van der Waals surface area contributed by atoms with Crippen molar-refractivity contribution < 1.29 is 0 Å². The highest BCUT2D eigenvalue weighted by molar-refractivity contribution is 5.75.